The molecule has 0 aliphatic heterocycles. The summed E-state index contributed by atoms with van der Waals surface area (Å²) in [4.78, 5) is 0. The number of ether oxygens (including phenoxy) is 1. The molecule has 0 amide bonds. The topological polar surface area (TPSA) is 29.5 Å². The summed E-state index contributed by atoms with van der Waals surface area (Å²) in [6.45, 7) is 1.60. The monoisotopic (exact) mass is 338 g/mol. The van der Waals surface area contributed by atoms with E-state index in [0.29, 0.717) is 6.42 Å². The van der Waals surface area contributed by atoms with Gasteiger partial charge in [-0.25, -0.2) is 4.39 Å². The van der Waals surface area contributed by atoms with Crippen LogP contribution in [0.3, 0.4) is 0 Å². The number of hydrogen-bond donors (Lipinski definition) is 1. The minimum Gasteiger partial charge on any atom is -0.494 e. The molecule has 0 aliphatic rings. The Labute approximate surface area is 126 Å². The molecule has 0 radical (unpaired) electrons. The summed E-state index contributed by atoms with van der Waals surface area (Å²) in [5.41, 5.74) is -0.132. The van der Waals surface area contributed by atoms with Gasteiger partial charge in [-0.1, -0.05) is 40.2 Å². The summed E-state index contributed by atoms with van der Waals surface area (Å²) in [6, 6.07) is 12.4. The van der Waals surface area contributed by atoms with E-state index in [2.05, 4.69) is 15.9 Å². The van der Waals surface area contributed by atoms with Crippen molar-refractivity contribution < 1.29 is 14.2 Å². The fraction of sp³-hybridized carbons (Fsp3) is 0.250. The van der Waals surface area contributed by atoms with Gasteiger partial charge in [-0.05, 0) is 30.7 Å². The molecule has 0 aromatic heterocycles. The molecule has 106 valence electrons. The maximum atomic E-state index is 14.2. The van der Waals surface area contributed by atoms with Crippen LogP contribution in [-0.2, 0) is 12.0 Å². The lowest BCUT2D eigenvalue weighted by atomic mass is 9.88. The summed E-state index contributed by atoms with van der Waals surface area (Å²) in [5.74, 6) is -0.379. The lowest BCUT2D eigenvalue weighted by molar-refractivity contribution is 0.0533. The van der Waals surface area contributed by atoms with E-state index in [1.807, 2.05) is 24.3 Å². The molecule has 0 heterocycles. The van der Waals surface area contributed by atoms with Crippen LogP contribution in [-0.4, -0.2) is 12.2 Å². The van der Waals surface area contributed by atoms with Crippen molar-refractivity contribution in [2.75, 3.05) is 7.11 Å². The number of hydrogen-bond acceptors (Lipinski definition) is 2. The molecule has 1 unspecified atom stereocenters. The first kappa shape index (κ1) is 15.0. The average molecular weight is 339 g/mol. The Kier molecular flexibility index (Phi) is 4.45. The van der Waals surface area contributed by atoms with Crippen LogP contribution in [0.25, 0.3) is 0 Å². The molecule has 2 aromatic rings. The predicted molar refractivity (Wildman–Crippen MR) is 80.4 cm³/mol. The second-order valence-electron chi connectivity index (χ2n) is 4.90. The van der Waals surface area contributed by atoms with Crippen LogP contribution in [0.2, 0.25) is 0 Å². The molecule has 0 bridgehead atoms. The standard InChI is InChI=1S/C16H16BrFO2/c1-16(19,10-11-6-8-12(17)9-7-11)13-4-3-5-14(20-2)15(13)18/h3-9,19H,10H2,1-2H3. The van der Waals surface area contributed by atoms with Gasteiger partial charge < -0.3 is 9.84 Å². The van der Waals surface area contributed by atoms with Crippen LogP contribution in [0.15, 0.2) is 46.9 Å². The molecule has 20 heavy (non-hydrogen) atoms. The molecule has 2 rings (SSSR count). The quantitative estimate of drug-likeness (QED) is 0.911. The third-order valence-electron chi connectivity index (χ3n) is 3.23. The minimum atomic E-state index is -1.30. The Morgan fingerprint density at radius 1 is 1.20 bits per heavy atom. The van der Waals surface area contributed by atoms with Gasteiger partial charge in [-0.2, -0.15) is 0 Å². The smallest absolute Gasteiger partial charge is 0.171 e. The summed E-state index contributed by atoms with van der Waals surface area (Å²) in [6.07, 6.45) is 0.324. The number of benzene rings is 2. The van der Waals surface area contributed by atoms with E-state index in [1.54, 1.807) is 19.1 Å². The molecule has 1 atom stereocenters. The Bertz CT molecular complexity index is 594. The van der Waals surface area contributed by atoms with Crippen LogP contribution in [0.1, 0.15) is 18.1 Å². The molecular formula is C16H16BrFO2. The third-order valence-corrected chi connectivity index (χ3v) is 3.75. The summed E-state index contributed by atoms with van der Waals surface area (Å²) >= 11 is 3.36. The first-order chi connectivity index (χ1) is 9.44. The van der Waals surface area contributed by atoms with Crippen molar-refractivity contribution in [3.05, 3.63) is 63.9 Å². The van der Waals surface area contributed by atoms with Crippen LogP contribution >= 0.6 is 15.9 Å². The van der Waals surface area contributed by atoms with Gasteiger partial charge in [0.1, 0.15) is 0 Å². The normalized spacial score (nSPS) is 13.8. The maximum Gasteiger partial charge on any atom is 0.171 e. The second-order valence-corrected chi connectivity index (χ2v) is 5.81. The highest BCUT2D eigenvalue weighted by molar-refractivity contribution is 9.10. The molecule has 1 N–H and O–H groups in total. The summed E-state index contributed by atoms with van der Waals surface area (Å²) in [7, 11) is 1.41. The van der Waals surface area contributed by atoms with Gasteiger partial charge in [-0.3, -0.25) is 0 Å². The Balaban J connectivity index is 2.32. The van der Waals surface area contributed by atoms with E-state index in [4.69, 9.17) is 4.74 Å². The predicted octanol–water partition coefficient (Wildman–Crippen LogP) is 4.05. The zero-order valence-electron chi connectivity index (χ0n) is 11.4. The highest BCUT2D eigenvalue weighted by Gasteiger charge is 2.28. The van der Waals surface area contributed by atoms with Gasteiger partial charge in [0.2, 0.25) is 0 Å². The van der Waals surface area contributed by atoms with Gasteiger partial charge in [0.25, 0.3) is 0 Å². The first-order valence-electron chi connectivity index (χ1n) is 6.24. The van der Waals surface area contributed by atoms with E-state index in [0.717, 1.165) is 10.0 Å². The first-order valence-corrected chi connectivity index (χ1v) is 7.03. The molecule has 0 fully saturated rings. The van der Waals surface area contributed by atoms with Crippen molar-refractivity contribution in [2.45, 2.75) is 18.9 Å². The maximum absolute atomic E-state index is 14.2. The van der Waals surface area contributed by atoms with E-state index in [1.165, 1.54) is 13.2 Å². The van der Waals surface area contributed by atoms with Gasteiger partial charge >= 0.3 is 0 Å². The number of rotatable bonds is 4. The van der Waals surface area contributed by atoms with E-state index in [9.17, 15) is 9.50 Å². The van der Waals surface area contributed by atoms with Gasteiger partial charge in [0, 0.05) is 16.5 Å². The largest absolute Gasteiger partial charge is 0.494 e. The van der Waals surface area contributed by atoms with Crippen molar-refractivity contribution in [2.24, 2.45) is 0 Å². The Morgan fingerprint density at radius 3 is 2.45 bits per heavy atom. The number of halogens is 2. The van der Waals surface area contributed by atoms with Gasteiger partial charge in [0.15, 0.2) is 11.6 Å². The van der Waals surface area contributed by atoms with Crippen LogP contribution in [0.4, 0.5) is 4.39 Å². The lowest BCUT2D eigenvalue weighted by Gasteiger charge is -2.25. The van der Waals surface area contributed by atoms with Crippen LogP contribution in [0.5, 0.6) is 5.75 Å². The molecule has 0 aliphatic carbocycles. The fourth-order valence-electron chi connectivity index (χ4n) is 2.18. The molecule has 4 heteroatoms. The van der Waals surface area contributed by atoms with Crippen molar-refractivity contribution in [3.63, 3.8) is 0 Å². The molecule has 0 saturated heterocycles. The summed E-state index contributed by atoms with van der Waals surface area (Å²) < 4.78 is 20.2. The zero-order chi connectivity index (χ0) is 14.8. The molecule has 0 spiro atoms. The highest BCUT2D eigenvalue weighted by atomic mass is 79.9. The third kappa shape index (κ3) is 3.19. The molecule has 2 aromatic carbocycles. The number of aliphatic hydroxyl groups is 1. The van der Waals surface area contributed by atoms with E-state index >= 15 is 0 Å². The second kappa shape index (κ2) is 5.94. The van der Waals surface area contributed by atoms with Crippen LogP contribution < -0.4 is 4.74 Å². The van der Waals surface area contributed by atoms with Crippen LogP contribution in [0, 0.1) is 5.82 Å². The van der Waals surface area contributed by atoms with Gasteiger partial charge in [0.05, 0.1) is 12.7 Å². The van der Waals surface area contributed by atoms with Crippen molar-refractivity contribution in [1.82, 2.24) is 0 Å². The van der Waals surface area contributed by atoms with Crippen molar-refractivity contribution in [1.29, 1.82) is 0 Å². The Hall–Kier alpha value is -1.39. The zero-order valence-corrected chi connectivity index (χ0v) is 12.9. The average Bonchev–Trinajstić information content (AvgIpc) is 2.41. The van der Waals surface area contributed by atoms with E-state index < -0.39 is 11.4 Å². The molecule has 2 nitrogen and oxygen atoms in total. The van der Waals surface area contributed by atoms with Gasteiger partial charge in [-0.15, -0.1) is 0 Å². The molecule has 0 saturated carbocycles. The van der Waals surface area contributed by atoms with E-state index in [-0.39, 0.29) is 11.3 Å². The minimum absolute atomic E-state index is 0.138. The number of methoxy groups -OCH3 is 1. The summed E-state index contributed by atoms with van der Waals surface area (Å²) in [5, 5.41) is 10.6. The fourth-order valence-corrected chi connectivity index (χ4v) is 2.44. The lowest BCUT2D eigenvalue weighted by Crippen LogP contribution is -2.26. The molecular weight excluding hydrogens is 323 g/mol. The van der Waals surface area contributed by atoms with Crippen molar-refractivity contribution >= 4 is 15.9 Å². The SMILES string of the molecule is COc1cccc(C(C)(O)Cc2ccc(Br)cc2)c1F. The van der Waals surface area contributed by atoms with Crippen molar-refractivity contribution in [3.8, 4) is 5.75 Å². The highest BCUT2D eigenvalue weighted by Crippen LogP contribution is 2.31. The Morgan fingerprint density at radius 2 is 1.85 bits per heavy atom.